The molecule has 15 heavy (non-hydrogen) atoms. The van der Waals surface area contributed by atoms with Crippen LogP contribution in [0.5, 0.6) is 0 Å². The number of ether oxygens (including phenoxy) is 1. The molecule has 1 amide bonds. The van der Waals surface area contributed by atoms with E-state index in [9.17, 15) is 4.79 Å². The van der Waals surface area contributed by atoms with Crippen LogP contribution in [-0.4, -0.2) is 42.4 Å². The highest BCUT2D eigenvalue weighted by Gasteiger charge is 2.12. The fourth-order valence-electron chi connectivity index (χ4n) is 0.916. The van der Waals surface area contributed by atoms with Gasteiger partial charge in [0.1, 0.15) is 11.6 Å². The van der Waals surface area contributed by atoms with Crippen molar-refractivity contribution in [3.63, 3.8) is 0 Å². The lowest BCUT2D eigenvalue weighted by Crippen LogP contribution is -2.39. The van der Waals surface area contributed by atoms with Gasteiger partial charge in [-0.05, 0) is 6.92 Å². The number of anilines is 1. The number of nitrogens with one attached hydrogen (secondary N) is 2. The van der Waals surface area contributed by atoms with Crippen LogP contribution in [-0.2, 0) is 9.53 Å². The zero-order chi connectivity index (χ0) is 11.1. The van der Waals surface area contributed by atoms with Crippen LogP contribution in [0, 0.1) is 0 Å². The Balaban J connectivity index is 2.27. The van der Waals surface area contributed by atoms with Gasteiger partial charge in [0.15, 0.2) is 0 Å². The van der Waals surface area contributed by atoms with Crippen molar-refractivity contribution < 1.29 is 9.53 Å². The van der Waals surface area contributed by atoms with Crippen LogP contribution in [0.1, 0.15) is 6.92 Å². The van der Waals surface area contributed by atoms with Gasteiger partial charge in [-0.25, -0.2) is 0 Å². The van der Waals surface area contributed by atoms with Crippen LogP contribution < -0.4 is 10.6 Å². The molecule has 0 spiro atoms. The van der Waals surface area contributed by atoms with Crippen molar-refractivity contribution in [1.29, 1.82) is 0 Å². The Morgan fingerprint density at radius 3 is 3.13 bits per heavy atom. The maximum Gasteiger partial charge on any atom is 0.242 e. The number of amides is 1. The van der Waals surface area contributed by atoms with Gasteiger partial charge >= 0.3 is 0 Å². The van der Waals surface area contributed by atoms with E-state index in [1.807, 2.05) is 0 Å². The molecule has 0 aromatic carbocycles. The number of aromatic nitrogens is 2. The van der Waals surface area contributed by atoms with Gasteiger partial charge in [0, 0.05) is 13.7 Å². The Hall–Kier alpha value is -1.21. The minimum atomic E-state index is -0.324. The summed E-state index contributed by atoms with van der Waals surface area (Å²) in [6, 6.07) is -0.324. The second-order valence-electron chi connectivity index (χ2n) is 2.89. The number of methoxy groups -OCH3 is 1. The van der Waals surface area contributed by atoms with Crippen LogP contribution in [0.4, 0.5) is 5.13 Å². The molecule has 2 N–H and O–H groups in total. The van der Waals surface area contributed by atoms with Crippen molar-refractivity contribution in [2.24, 2.45) is 0 Å². The van der Waals surface area contributed by atoms with Gasteiger partial charge in [0.2, 0.25) is 11.0 Å². The van der Waals surface area contributed by atoms with Gasteiger partial charge in [-0.15, -0.1) is 10.2 Å². The van der Waals surface area contributed by atoms with Crippen LogP contribution >= 0.6 is 11.3 Å². The normalized spacial score (nSPS) is 12.1. The first kappa shape index (κ1) is 11.9. The van der Waals surface area contributed by atoms with Gasteiger partial charge in [-0.1, -0.05) is 11.3 Å². The van der Waals surface area contributed by atoms with Crippen LogP contribution in [0.2, 0.25) is 0 Å². The largest absolute Gasteiger partial charge is 0.383 e. The quantitative estimate of drug-likeness (QED) is 0.678. The smallest absolute Gasteiger partial charge is 0.242 e. The number of rotatable bonds is 6. The van der Waals surface area contributed by atoms with Crippen molar-refractivity contribution in [2.45, 2.75) is 13.0 Å². The Morgan fingerprint density at radius 2 is 2.53 bits per heavy atom. The summed E-state index contributed by atoms with van der Waals surface area (Å²) in [7, 11) is 1.59. The monoisotopic (exact) mass is 230 g/mol. The van der Waals surface area contributed by atoms with Crippen molar-refractivity contribution >= 4 is 22.4 Å². The first-order chi connectivity index (χ1) is 7.24. The lowest BCUT2D eigenvalue weighted by Gasteiger charge is -2.12. The van der Waals surface area contributed by atoms with Crippen molar-refractivity contribution in [3.8, 4) is 0 Å². The molecule has 0 fully saturated rings. The fraction of sp³-hybridized carbons (Fsp3) is 0.625. The summed E-state index contributed by atoms with van der Waals surface area (Å²) in [5.74, 6) is -0.0812. The molecule has 0 bridgehead atoms. The van der Waals surface area contributed by atoms with Crippen LogP contribution in [0.3, 0.4) is 0 Å². The molecule has 1 unspecified atom stereocenters. The van der Waals surface area contributed by atoms with Crippen molar-refractivity contribution in [2.75, 3.05) is 25.6 Å². The third-order valence-corrected chi connectivity index (χ3v) is 2.32. The average molecular weight is 230 g/mol. The molecule has 1 aromatic rings. The molecule has 6 nitrogen and oxygen atoms in total. The highest BCUT2D eigenvalue weighted by molar-refractivity contribution is 7.13. The molecule has 0 saturated heterocycles. The average Bonchev–Trinajstić information content (AvgIpc) is 2.70. The first-order valence-corrected chi connectivity index (χ1v) is 5.41. The van der Waals surface area contributed by atoms with E-state index in [0.717, 1.165) is 0 Å². The first-order valence-electron chi connectivity index (χ1n) is 4.53. The molecule has 1 atom stereocenters. The molecule has 0 aliphatic rings. The van der Waals surface area contributed by atoms with Gasteiger partial charge in [0.25, 0.3) is 0 Å². The molecule has 0 aliphatic heterocycles. The van der Waals surface area contributed by atoms with Gasteiger partial charge in [0.05, 0.1) is 6.61 Å². The van der Waals surface area contributed by atoms with Gasteiger partial charge in [-0.2, -0.15) is 0 Å². The summed E-state index contributed by atoms with van der Waals surface area (Å²) in [6.45, 7) is 2.79. The predicted octanol–water partition coefficient (Wildman–Crippen LogP) is 0.101. The van der Waals surface area contributed by atoms with Crippen molar-refractivity contribution in [3.05, 3.63) is 5.51 Å². The predicted molar refractivity (Wildman–Crippen MR) is 57.9 cm³/mol. The Labute approximate surface area is 92.0 Å². The highest BCUT2D eigenvalue weighted by atomic mass is 32.1. The zero-order valence-electron chi connectivity index (χ0n) is 8.69. The summed E-state index contributed by atoms with van der Waals surface area (Å²) >= 11 is 1.36. The van der Waals surface area contributed by atoms with Gasteiger partial charge in [-0.3, -0.25) is 4.79 Å². The highest BCUT2D eigenvalue weighted by Crippen LogP contribution is 2.09. The van der Waals surface area contributed by atoms with E-state index in [2.05, 4.69) is 20.8 Å². The van der Waals surface area contributed by atoms with Crippen LogP contribution in [0.25, 0.3) is 0 Å². The summed E-state index contributed by atoms with van der Waals surface area (Å²) in [5, 5.41) is 13.8. The second kappa shape index (κ2) is 6.31. The Kier molecular flexibility index (Phi) is 4.99. The number of nitrogens with zero attached hydrogens (tertiary/aromatic N) is 2. The second-order valence-corrected chi connectivity index (χ2v) is 3.73. The minimum absolute atomic E-state index is 0.0812. The molecule has 0 saturated carbocycles. The number of hydrogen-bond donors (Lipinski definition) is 2. The van der Waals surface area contributed by atoms with E-state index in [1.54, 1.807) is 19.5 Å². The van der Waals surface area contributed by atoms with E-state index < -0.39 is 0 Å². The lowest BCUT2D eigenvalue weighted by atomic mass is 10.3. The molecule has 1 heterocycles. The van der Waals surface area contributed by atoms with Crippen molar-refractivity contribution in [1.82, 2.24) is 15.5 Å². The standard InChI is InChI=1S/C8H14N4O2S/c1-6(7(13)9-3-4-14-2)11-8-12-10-5-15-8/h5-6H,3-4H2,1-2H3,(H,9,13)(H,11,12). The maximum absolute atomic E-state index is 11.5. The van der Waals surface area contributed by atoms with E-state index in [-0.39, 0.29) is 11.9 Å². The molecular weight excluding hydrogens is 216 g/mol. The number of carbonyl (C=O) groups is 1. The topological polar surface area (TPSA) is 76.1 Å². The maximum atomic E-state index is 11.5. The zero-order valence-corrected chi connectivity index (χ0v) is 9.50. The molecule has 1 rings (SSSR count). The summed E-state index contributed by atoms with van der Waals surface area (Å²) in [4.78, 5) is 11.5. The molecule has 0 aliphatic carbocycles. The number of carbonyl (C=O) groups excluding carboxylic acids is 1. The summed E-state index contributed by atoms with van der Waals surface area (Å²) < 4.78 is 4.82. The fourth-order valence-corrected chi connectivity index (χ4v) is 1.45. The van der Waals surface area contributed by atoms with E-state index in [0.29, 0.717) is 18.3 Å². The SMILES string of the molecule is COCCNC(=O)C(C)Nc1nncs1. The lowest BCUT2D eigenvalue weighted by molar-refractivity contribution is -0.121. The molecule has 84 valence electrons. The third-order valence-electron chi connectivity index (χ3n) is 1.70. The van der Waals surface area contributed by atoms with E-state index in [1.165, 1.54) is 11.3 Å². The summed E-state index contributed by atoms with van der Waals surface area (Å²) in [5.41, 5.74) is 1.61. The molecule has 0 radical (unpaired) electrons. The van der Waals surface area contributed by atoms with E-state index >= 15 is 0 Å². The molecular formula is C8H14N4O2S. The third kappa shape index (κ3) is 4.22. The number of hydrogen-bond acceptors (Lipinski definition) is 6. The van der Waals surface area contributed by atoms with Crippen LogP contribution in [0.15, 0.2) is 5.51 Å². The van der Waals surface area contributed by atoms with E-state index in [4.69, 9.17) is 4.74 Å². The summed E-state index contributed by atoms with van der Waals surface area (Å²) in [6.07, 6.45) is 0. The molecule has 1 aromatic heterocycles. The minimum Gasteiger partial charge on any atom is -0.383 e. The Bertz CT molecular complexity index is 291. The molecule has 7 heteroatoms. The Morgan fingerprint density at radius 1 is 1.73 bits per heavy atom. The van der Waals surface area contributed by atoms with Gasteiger partial charge < -0.3 is 15.4 Å².